The van der Waals surface area contributed by atoms with Crippen LogP contribution < -0.4 is 10.2 Å². The highest BCUT2D eigenvalue weighted by molar-refractivity contribution is 5.94. The first-order valence-corrected chi connectivity index (χ1v) is 7.70. The van der Waals surface area contributed by atoms with Crippen molar-refractivity contribution in [1.29, 1.82) is 0 Å². The van der Waals surface area contributed by atoms with E-state index in [2.05, 4.69) is 66.5 Å². The molecule has 0 amide bonds. The zero-order chi connectivity index (χ0) is 13.9. The quantitative estimate of drug-likeness (QED) is 0.914. The summed E-state index contributed by atoms with van der Waals surface area (Å²) in [6.07, 6.45) is 1.25. The molecule has 1 atom stereocenters. The summed E-state index contributed by atoms with van der Waals surface area (Å²) in [5, 5.41) is 6.37. The highest BCUT2D eigenvalue weighted by Crippen LogP contribution is 2.27. The molecule has 3 rings (SSSR count). The average molecular weight is 268 g/mol. The first-order valence-electron chi connectivity index (χ1n) is 7.70. The molecule has 1 unspecified atom stereocenters. The van der Waals surface area contributed by atoms with Gasteiger partial charge in [0, 0.05) is 36.7 Å². The van der Waals surface area contributed by atoms with Gasteiger partial charge >= 0.3 is 0 Å². The Bertz CT molecular complexity index is 571. The molecule has 20 heavy (non-hydrogen) atoms. The topological polar surface area (TPSA) is 15.3 Å². The van der Waals surface area contributed by atoms with Crippen molar-refractivity contribution in [2.45, 2.75) is 26.3 Å². The fraction of sp³-hybridized carbons (Fsp3) is 0.444. The van der Waals surface area contributed by atoms with Crippen LogP contribution in [0.2, 0.25) is 0 Å². The predicted octanol–water partition coefficient (Wildman–Crippen LogP) is 3.66. The lowest BCUT2D eigenvalue weighted by Crippen LogP contribution is -2.51. The van der Waals surface area contributed by atoms with Crippen LogP contribution in [0.5, 0.6) is 0 Å². The van der Waals surface area contributed by atoms with Gasteiger partial charge in [0.25, 0.3) is 0 Å². The smallest absolute Gasteiger partial charge is 0.0446 e. The van der Waals surface area contributed by atoms with Gasteiger partial charge in [0.15, 0.2) is 0 Å². The Morgan fingerprint density at radius 1 is 1.15 bits per heavy atom. The molecule has 0 radical (unpaired) electrons. The molecule has 1 N–H and O–H groups in total. The van der Waals surface area contributed by atoms with E-state index >= 15 is 0 Å². The van der Waals surface area contributed by atoms with Gasteiger partial charge in [-0.25, -0.2) is 0 Å². The summed E-state index contributed by atoms with van der Waals surface area (Å²) >= 11 is 0. The Morgan fingerprint density at radius 3 is 2.80 bits per heavy atom. The molecule has 0 aromatic heterocycles. The number of rotatable bonds is 3. The number of hydrogen-bond donors (Lipinski definition) is 1. The Hall–Kier alpha value is -1.54. The first-order chi connectivity index (χ1) is 9.74. The van der Waals surface area contributed by atoms with E-state index < -0.39 is 0 Å². The molecule has 2 nitrogen and oxygen atoms in total. The van der Waals surface area contributed by atoms with Gasteiger partial charge in [-0.2, -0.15) is 0 Å². The third kappa shape index (κ3) is 2.80. The molecule has 0 saturated carbocycles. The van der Waals surface area contributed by atoms with Gasteiger partial charge in [-0.05, 0) is 23.8 Å². The first kappa shape index (κ1) is 13.4. The molecule has 1 aliphatic rings. The highest BCUT2D eigenvalue weighted by atomic mass is 15.2. The second kappa shape index (κ2) is 5.84. The van der Waals surface area contributed by atoms with Gasteiger partial charge in [0.2, 0.25) is 0 Å². The summed E-state index contributed by atoms with van der Waals surface area (Å²) in [5.41, 5.74) is 1.39. The van der Waals surface area contributed by atoms with Crippen molar-refractivity contribution in [3.8, 4) is 0 Å². The van der Waals surface area contributed by atoms with Gasteiger partial charge in [-0.3, -0.25) is 0 Å². The van der Waals surface area contributed by atoms with E-state index in [1.807, 2.05) is 0 Å². The van der Waals surface area contributed by atoms with Crippen LogP contribution in [0.25, 0.3) is 10.8 Å². The van der Waals surface area contributed by atoms with Crippen molar-refractivity contribution in [3.05, 3.63) is 42.5 Å². The standard InChI is InChI=1S/C18H24N2/c1-14(2)12-16-13-20(11-10-19-16)18-9-5-7-15-6-3-4-8-17(15)18/h3-9,14,16,19H,10-13H2,1-2H3. The Morgan fingerprint density at radius 2 is 1.95 bits per heavy atom. The molecular weight excluding hydrogens is 244 g/mol. The lowest BCUT2D eigenvalue weighted by molar-refractivity contribution is 0.388. The van der Waals surface area contributed by atoms with E-state index in [-0.39, 0.29) is 0 Å². The molecule has 106 valence electrons. The monoisotopic (exact) mass is 268 g/mol. The molecule has 2 heteroatoms. The third-order valence-electron chi connectivity index (χ3n) is 4.12. The van der Waals surface area contributed by atoms with Crippen LogP contribution in [0.4, 0.5) is 5.69 Å². The summed E-state index contributed by atoms with van der Waals surface area (Å²) in [6, 6.07) is 16.0. The maximum Gasteiger partial charge on any atom is 0.0446 e. The minimum atomic E-state index is 0.614. The van der Waals surface area contributed by atoms with Crippen molar-refractivity contribution in [1.82, 2.24) is 5.32 Å². The number of piperazine rings is 1. The predicted molar refractivity (Wildman–Crippen MR) is 87.4 cm³/mol. The van der Waals surface area contributed by atoms with Crippen molar-refractivity contribution in [2.75, 3.05) is 24.5 Å². The summed E-state index contributed by atoms with van der Waals surface area (Å²) < 4.78 is 0. The van der Waals surface area contributed by atoms with Crippen molar-refractivity contribution < 1.29 is 0 Å². The Labute approximate surface area is 121 Å². The van der Waals surface area contributed by atoms with Gasteiger partial charge < -0.3 is 10.2 Å². The molecule has 1 saturated heterocycles. The zero-order valence-corrected chi connectivity index (χ0v) is 12.5. The summed E-state index contributed by atoms with van der Waals surface area (Å²) in [5.74, 6) is 0.750. The van der Waals surface area contributed by atoms with Gasteiger partial charge in [-0.15, -0.1) is 0 Å². The van der Waals surface area contributed by atoms with E-state index in [0.29, 0.717) is 6.04 Å². The molecule has 0 spiro atoms. The van der Waals surface area contributed by atoms with Crippen LogP contribution in [0, 0.1) is 5.92 Å². The molecule has 1 aliphatic heterocycles. The molecule has 0 aliphatic carbocycles. The molecule has 2 aromatic carbocycles. The molecule has 0 bridgehead atoms. The number of benzene rings is 2. The van der Waals surface area contributed by atoms with Gasteiger partial charge in [0.05, 0.1) is 0 Å². The maximum atomic E-state index is 3.66. The van der Waals surface area contributed by atoms with E-state index in [1.165, 1.54) is 22.9 Å². The lowest BCUT2D eigenvalue weighted by Gasteiger charge is -2.36. The molecule has 1 fully saturated rings. The lowest BCUT2D eigenvalue weighted by atomic mass is 10.0. The summed E-state index contributed by atoms with van der Waals surface area (Å²) in [6.45, 7) is 7.91. The molecule has 2 aromatic rings. The van der Waals surface area contributed by atoms with Crippen LogP contribution >= 0.6 is 0 Å². The van der Waals surface area contributed by atoms with Crippen molar-refractivity contribution >= 4 is 16.5 Å². The van der Waals surface area contributed by atoms with Gasteiger partial charge in [0.1, 0.15) is 0 Å². The number of hydrogen-bond acceptors (Lipinski definition) is 2. The third-order valence-corrected chi connectivity index (χ3v) is 4.12. The molecule has 1 heterocycles. The maximum absolute atomic E-state index is 3.66. The Kier molecular flexibility index (Phi) is 3.93. The second-order valence-corrected chi connectivity index (χ2v) is 6.22. The van der Waals surface area contributed by atoms with E-state index in [1.54, 1.807) is 0 Å². The highest BCUT2D eigenvalue weighted by Gasteiger charge is 2.21. The van der Waals surface area contributed by atoms with Crippen molar-refractivity contribution in [2.24, 2.45) is 5.92 Å². The fourth-order valence-corrected chi connectivity index (χ4v) is 3.26. The van der Waals surface area contributed by atoms with E-state index in [0.717, 1.165) is 25.6 Å². The van der Waals surface area contributed by atoms with Crippen LogP contribution in [-0.4, -0.2) is 25.7 Å². The van der Waals surface area contributed by atoms with Crippen molar-refractivity contribution in [3.63, 3.8) is 0 Å². The van der Waals surface area contributed by atoms with Crippen LogP contribution in [0.1, 0.15) is 20.3 Å². The number of anilines is 1. The number of fused-ring (bicyclic) bond motifs is 1. The SMILES string of the molecule is CC(C)CC1CN(c2cccc3ccccc23)CCN1. The Balaban J connectivity index is 1.87. The summed E-state index contributed by atoms with van der Waals surface area (Å²) in [7, 11) is 0. The largest absolute Gasteiger partial charge is 0.368 e. The second-order valence-electron chi connectivity index (χ2n) is 6.22. The summed E-state index contributed by atoms with van der Waals surface area (Å²) in [4.78, 5) is 2.55. The zero-order valence-electron chi connectivity index (χ0n) is 12.5. The number of nitrogens with one attached hydrogen (secondary N) is 1. The van der Waals surface area contributed by atoms with E-state index in [4.69, 9.17) is 0 Å². The van der Waals surface area contributed by atoms with Crippen LogP contribution in [0.15, 0.2) is 42.5 Å². The van der Waals surface area contributed by atoms with Crippen LogP contribution in [-0.2, 0) is 0 Å². The minimum absolute atomic E-state index is 0.614. The van der Waals surface area contributed by atoms with Gasteiger partial charge in [-0.1, -0.05) is 50.2 Å². The average Bonchev–Trinajstić information content (AvgIpc) is 2.46. The minimum Gasteiger partial charge on any atom is -0.368 e. The van der Waals surface area contributed by atoms with Crippen LogP contribution in [0.3, 0.4) is 0 Å². The number of nitrogens with zero attached hydrogens (tertiary/aromatic N) is 1. The van der Waals surface area contributed by atoms with E-state index in [9.17, 15) is 0 Å². The fourth-order valence-electron chi connectivity index (χ4n) is 3.26. The normalized spacial score (nSPS) is 19.8. The molecular formula is C18H24N2.